The van der Waals surface area contributed by atoms with Crippen molar-refractivity contribution in [3.63, 3.8) is 0 Å². The van der Waals surface area contributed by atoms with E-state index >= 15 is 0 Å². The smallest absolute Gasteiger partial charge is 0.310 e. The molecule has 1 fully saturated rings. The first-order chi connectivity index (χ1) is 14.0. The highest BCUT2D eigenvalue weighted by Gasteiger charge is 2.20. The number of carbonyl (C=O) groups excluding carboxylic acids is 3. The molecule has 0 radical (unpaired) electrons. The Morgan fingerprint density at radius 1 is 0.828 bits per heavy atom. The maximum absolute atomic E-state index is 12.1. The summed E-state index contributed by atoms with van der Waals surface area (Å²) in [7, 11) is 0. The van der Waals surface area contributed by atoms with Crippen molar-refractivity contribution in [3.8, 4) is 0 Å². The monoisotopic (exact) mass is 410 g/mol. The Kier molecular flexibility index (Phi) is 13.0. The van der Waals surface area contributed by atoms with Crippen LogP contribution in [0, 0.1) is 0 Å². The second-order valence-corrected chi connectivity index (χ2v) is 7.59. The lowest BCUT2D eigenvalue weighted by Gasteiger charge is -2.23. The summed E-state index contributed by atoms with van der Waals surface area (Å²) in [5.41, 5.74) is -1.05. The van der Waals surface area contributed by atoms with Crippen LogP contribution < -0.4 is 10.2 Å². The SMILES string of the molecule is CCCCCCCCOCC/C(C(=O)[O-])=C(/CC(=O)OC1CCCCC1)C(=O)[O-]. The van der Waals surface area contributed by atoms with Crippen molar-refractivity contribution in [3.05, 3.63) is 11.1 Å². The molecular formula is C22H34O7-2. The fourth-order valence-corrected chi connectivity index (χ4v) is 3.49. The van der Waals surface area contributed by atoms with E-state index in [0.717, 1.165) is 51.4 Å². The van der Waals surface area contributed by atoms with Gasteiger partial charge >= 0.3 is 5.97 Å². The Morgan fingerprint density at radius 2 is 1.45 bits per heavy atom. The molecule has 0 spiro atoms. The van der Waals surface area contributed by atoms with E-state index in [1.807, 2.05) is 0 Å². The molecule has 0 aromatic carbocycles. The van der Waals surface area contributed by atoms with Crippen molar-refractivity contribution in [1.29, 1.82) is 0 Å². The largest absolute Gasteiger partial charge is 0.545 e. The second kappa shape index (κ2) is 15.0. The molecule has 1 rings (SSSR count). The van der Waals surface area contributed by atoms with Crippen molar-refractivity contribution in [2.24, 2.45) is 0 Å². The minimum atomic E-state index is -1.69. The summed E-state index contributed by atoms with van der Waals surface area (Å²) >= 11 is 0. The number of hydrogen-bond donors (Lipinski definition) is 0. The topological polar surface area (TPSA) is 116 Å². The van der Waals surface area contributed by atoms with E-state index in [2.05, 4.69) is 6.92 Å². The highest BCUT2D eigenvalue weighted by atomic mass is 16.5. The molecule has 7 heteroatoms. The normalized spacial score (nSPS) is 15.6. The van der Waals surface area contributed by atoms with Gasteiger partial charge in [0, 0.05) is 6.61 Å². The molecule has 1 saturated carbocycles. The highest BCUT2D eigenvalue weighted by molar-refractivity contribution is 6.00. The van der Waals surface area contributed by atoms with E-state index in [1.165, 1.54) is 19.3 Å². The minimum absolute atomic E-state index is 0.0483. The summed E-state index contributed by atoms with van der Waals surface area (Å²) in [4.78, 5) is 34.9. The molecule has 0 heterocycles. The number of carboxylic acid groups (broad SMARTS) is 2. The third-order valence-electron chi connectivity index (χ3n) is 5.17. The van der Waals surface area contributed by atoms with E-state index in [4.69, 9.17) is 9.47 Å². The van der Waals surface area contributed by atoms with E-state index in [1.54, 1.807) is 0 Å². The van der Waals surface area contributed by atoms with E-state index in [9.17, 15) is 24.6 Å². The number of ether oxygens (including phenoxy) is 2. The first-order valence-electron chi connectivity index (χ1n) is 10.9. The van der Waals surface area contributed by atoms with Gasteiger partial charge in [0.2, 0.25) is 0 Å². The van der Waals surface area contributed by atoms with Gasteiger partial charge in [-0.25, -0.2) is 0 Å². The van der Waals surface area contributed by atoms with Crippen LogP contribution in [0.3, 0.4) is 0 Å². The van der Waals surface area contributed by atoms with Gasteiger partial charge < -0.3 is 29.3 Å². The van der Waals surface area contributed by atoms with Gasteiger partial charge in [-0.05, 0) is 49.7 Å². The van der Waals surface area contributed by atoms with Gasteiger partial charge in [-0.15, -0.1) is 0 Å². The van der Waals surface area contributed by atoms with Gasteiger partial charge in [0.25, 0.3) is 0 Å². The summed E-state index contributed by atoms with van der Waals surface area (Å²) in [5.74, 6) is -4.07. The summed E-state index contributed by atoms with van der Waals surface area (Å²) in [6, 6.07) is 0. The molecule has 0 aromatic rings. The number of esters is 1. The molecule has 0 unspecified atom stereocenters. The molecule has 0 N–H and O–H groups in total. The van der Waals surface area contributed by atoms with Gasteiger partial charge in [-0.2, -0.15) is 0 Å². The standard InChI is InChI=1S/C22H36O7/c1-2-3-4-5-6-10-14-28-15-13-18(21(24)25)19(22(26)27)16-20(23)29-17-11-8-7-9-12-17/h17H,2-16H2,1H3,(H,24,25)(H,26,27)/p-2/b19-18+. The Bertz CT molecular complexity index is 547. The van der Waals surface area contributed by atoms with Gasteiger partial charge in [0.15, 0.2) is 0 Å². The second-order valence-electron chi connectivity index (χ2n) is 7.59. The maximum atomic E-state index is 12.1. The highest BCUT2D eigenvalue weighted by Crippen LogP contribution is 2.22. The summed E-state index contributed by atoms with van der Waals surface area (Å²) in [6.45, 7) is 2.69. The lowest BCUT2D eigenvalue weighted by atomic mass is 9.97. The Labute approximate surface area is 173 Å². The van der Waals surface area contributed by atoms with Crippen LogP contribution in [0.15, 0.2) is 11.1 Å². The van der Waals surface area contributed by atoms with Gasteiger partial charge in [0.05, 0.1) is 25.0 Å². The number of rotatable bonds is 15. The van der Waals surface area contributed by atoms with Crippen LogP contribution in [0.4, 0.5) is 0 Å². The average Bonchev–Trinajstić information content (AvgIpc) is 2.68. The zero-order valence-corrected chi connectivity index (χ0v) is 17.5. The zero-order chi connectivity index (χ0) is 21.5. The van der Waals surface area contributed by atoms with Crippen LogP contribution in [0.5, 0.6) is 0 Å². The first-order valence-corrected chi connectivity index (χ1v) is 10.9. The summed E-state index contributed by atoms with van der Waals surface area (Å²) in [6.07, 6.45) is 10.1. The fourth-order valence-electron chi connectivity index (χ4n) is 3.49. The van der Waals surface area contributed by atoms with Gasteiger partial charge in [-0.3, -0.25) is 4.79 Å². The molecule has 1 aliphatic carbocycles. The number of hydrogen-bond acceptors (Lipinski definition) is 7. The molecule has 0 amide bonds. The number of unbranched alkanes of at least 4 members (excludes halogenated alkanes) is 5. The lowest BCUT2D eigenvalue weighted by Crippen LogP contribution is -2.34. The summed E-state index contributed by atoms with van der Waals surface area (Å²) < 4.78 is 10.7. The average molecular weight is 411 g/mol. The van der Waals surface area contributed by atoms with E-state index < -0.39 is 35.5 Å². The Morgan fingerprint density at radius 3 is 2.07 bits per heavy atom. The zero-order valence-electron chi connectivity index (χ0n) is 17.5. The van der Waals surface area contributed by atoms with Gasteiger partial charge in [0.1, 0.15) is 6.10 Å². The van der Waals surface area contributed by atoms with Crippen molar-refractivity contribution in [2.75, 3.05) is 13.2 Å². The molecule has 29 heavy (non-hydrogen) atoms. The van der Waals surface area contributed by atoms with Gasteiger partial charge in [-0.1, -0.05) is 45.4 Å². The van der Waals surface area contributed by atoms with Crippen LogP contribution in [0.25, 0.3) is 0 Å². The first kappa shape index (κ1) is 25.1. The third kappa shape index (κ3) is 11.0. The fraction of sp³-hybridized carbons (Fsp3) is 0.773. The van der Waals surface area contributed by atoms with Crippen molar-refractivity contribution in [1.82, 2.24) is 0 Å². The van der Waals surface area contributed by atoms with Crippen LogP contribution in [-0.4, -0.2) is 37.2 Å². The molecule has 7 nitrogen and oxygen atoms in total. The maximum Gasteiger partial charge on any atom is 0.310 e. The quantitative estimate of drug-likeness (QED) is 0.230. The third-order valence-corrected chi connectivity index (χ3v) is 5.17. The number of carboxylic acids is 2. The molecule has 1 aliphatic rings. The minimum Gasteiger partial charge on any atom is -0.545 e. The molecule has 0 atom stereocenters. The van der Waals surface area contributed by atoms with Crippen LogP contribution in [-0.2, 0) is 23.9 Å². The predicted molar refractivity (Wildman–Crippen MR) is 103 cm³/mol. The summed E-state index contributed by atoms with van der Waals surface area (Å²) in [5, 5.41) is 22.8. The van der Waals surface area contributed by atoms with Crippen molar-refractivity contribution >= 4 is 17.9 Å². The predicted octanol–water partition coefficient (Wildman–Crippen LogP) is 1.82. The van der Waals surface area contributed by atoms with Crippen LogP contribution >= 0.6 is 0 Å². The number of aliphatic carboxylic acids is 2. The molecule has 166 valence electrons. The van der Waals surface area contributed by atoms with Crippen LogP contribution in [0.2, 0.25) is 0 Å². The Balaban J connectivity index is 2.49. The lowest BCUT2D eigenvalue weighted by molar-refractivity contribution is -0.304. The molecule has 0 aliphatic heterocycles. The van der Waals surface area contributed by atoms with E-state index in [0.29, 0.717) is 6.61 Å². The molecule has 0 saturated heterocycles. The van der Waals surface area contributed by atoms with E-state index in [-0.39, 0.29) is 19.1 Å². The molecule has 0 bridgehead atoms. The van der Waals surface area contributed by atoms with Crippen molar-refractivity contribution < 1.29 is 34.1 Å². The molecule has 0 aromatic heterocycles. The number of carbonyl (C=O) groups is 3. The van der Waals surface area contributed by atoms with Crippen molar-refractivity contribution in [2.45, 2.75) is 96.5 Å². The van der Waals surface area contributed by atoms with Crippen LogP contribution in [0.1, 0.15) is 90.4 Å². The Hall–Kier alpha value is -1.89. The molecular weight excluding hydrogens is 376 g/mol.